The smallest absolute Gasteiger partial charge is 0.337 e. The summed E-state index contributed by atoms with van der Waals surface area (Å²) in [6, 6.07) is 6.44. The van der Waals surface area contributed by atoms with Crippen LogP contribution in [0.1, 0.15) is 33.8 Å². The molecular formula is C20H19BrF2N2O4. The number of nitrogens with one attached hydrogen (secondary N) is 1. The van der Waals surface area contributed by atoms with Crippen molar-refractivity contribution in [3.05, 3.63) is 63.1 Å². The number of halogens is 3. The third-order valence-corrected chi connectivity index (χ3v) is 5.17. The molecule has 0 spiro atoms. The SMILES string of the molecule is COC(=O)c1ccc(C(C(N)=O)c2c(F)cc(Br)cc2F)c(NC[C@@H]2CCO2)c1. The maximum absolute atomic E-state index is 14.6. The van der Waals surface area contributed by atoms with Crippen LogP contribution in [0.3, 0.4) is 0 Å². The Hall–Kier alpha value is -2.52. The highest BCUT2D eigenvalue weighted by Gasteiger charge is 2.30. The average molecular weight is 469 g/mol. The van der Waals surface area contributed by atoms with Crippen molar-refractivity contribution >= 4 is 33.5 Å². The molecule has 0 aromatic heterocycles. The molecule has 154 valence electrons. The van der Waals surface area contributed by atoms with Gasteiger partial charge in [-0.15, -0.1) is 0 Å². The normalized spacial score (nSPS) is 16.6. The van der Waals surface area contributed by atoms with E-state index in [0.29, 0.717) is 18.8 Å². The average Bonchev–Trinajstić information content (AvgIpc) is 2.62. The number of carbonyl (C=O) groups excluding carboxylic acids is 2. The second-order valence-electron chi connectivity index (χ2n) is 6.57. The van der Waals surface area contributed by atoms with Crippen molar-refractivity contribution in [2.75, 3.05) is 25.6 Å². The van der Waals surface area contributed by atoms with Crippen LogP contribution in [0.25, 0.3) is 0 Å². The second kappa shape index (κ2) is 8.87. The number of primary amides is 1. The van der Waals surface area contributed by atoms with Crippen LogP contribution in [0.4, 0.5) is 14.5 Å². The number of nitrogens with two attached hydrogens (primary N) is 1. The van der Waals surface area contributed by atoms with E-state index in [1.807, 2.05) is 0 Å². The van der Waals surface area contributed by atoms with Gasteiger partial charge in [-0.3, -0.25) is 4.79 Å². The van der Waals surface area contributed by atoms with Gasteiger partial charge in [0, 0.05) is 28.9 Å². The number of carbonyl (C=O) groups is 2. The molecule has 6 nitrogen and oxygen atoms in total. The minimum atomic E-state index is -1.40. The van der Waals surface area contributed by atoms with Crippen LogP contribution < -0.4 is 11.1 Å². The molecule has 1 amide bonds. The molecule has 2 aromatic carbocycles. The molecule has 0 saturated carbocycles. The zero-order valence-corrected chi connectivity index (χ0v) is 17.1. The van der Waals surface area contributed by atoms with Gasteiger partial charge in [-0.2, -0.15) is 0 Å². The van der Waals surface area contributed by atoms with Crippen molar-refractivity contribution < 1.29 is 27.8 Å². The predicted molar refractivity (Wildman–Crippen MR) is 106 cm³/mol. The van der Waals surface area contributed by atoms with Gasteiger partial charge in [-0.25, -0.2) is 13.6 Å². The van der Waals surface area contributed by atoms with Crippen molar-refractivity contribution in [3.8, 4) is 0 Å². The minimum absolute atomic E-state index is 0.0298. The Morgan fingerprint density at radius 3 is 2.48 bits per heavy atom. The van der Waals surface area contributed by atoms with Crippen LogP contribution in [0.15, 0.2) is 34.8 Å². The molecule has 1 aliphatic heterocycles. The number of hydrogen-bond donors (Lipinski definition) is 2. The Morgan fingerprint density at radius 1 is 1.31 bits per heavy atom. The van der Waals surface area contributed by atoms with Crippen molar-refractivity contribution in [2.45, 2.75) is 18.4 Å². The first-order chi connectivity index (χ1) is 13.8. The molecule has 0 bridgehead atoms. The largest absolute Gasteiger partial charge is 0.465 e. The van der Waals surface area contributed by atoms with Crippen LogP contribution >= 0.6 is 15.9 Å². The minimum Gasteiger partial charge on any atom is -0.465 e. The van der Waals surface area contributed by atoms with E-state index in [9.17, 15) is 18.4 Å². The fraction of sp³-hybridized carbons (Fsp3) is 0.300. The standard InChI is InChI=1S/C20H19BrF2N2O4/c1-28-20(27)10-2-3-13(16(6-10)25-9-12-4-5-29-12)17(19(24)26)18-14(22)7-11(21)8-15(18)23/h2-3,6-8,12,17,25H,4-5,9H2,1H3,(H2,24,26)/t12-,17?/m0/s1. The van der Waals surface area contributed by atoms with Crippen molar-refractivity contribution in [1.29, 1.82) is 0 Å². The summed E-state index contributed by atoms with van der Waals surface area (Å²) in [5.74, 6) is -4.74. The van der Waals surface area contributed by atoms with Gasteiger partial charge in [0.2, 0.25) is 5.91 Å². The number of amides is 1. The molecule has 29 heavy (non-hydrogen) atoms. The van der Waals surface area contributed by atoms with Gasteiger partial charge < -0.3 is 20.5 Å². The fourth-order valence-electron chi connectivity index (χ4n) is 3.16. The lowest BCUT2D eigenvalue weighted by atomic mass is 9.88. The highest BCUT2D eigenvalue weighted by molar-refractivity contribution is 9.10. The number of esters is 1. The number of ether oxygens (including phenoxy) is 2. The van der Waals surface area contributed by atoms with Gasteiger partial charge in [0.15, 0.2) is 0 Å². The van der Waals surface area contributed by atoms with Crippen molar-refractivity contribution in [1.82, 2.24) is 0 Å². The lowest BCUT2D eigenvalue weighted by molar-refractivity contribution is -0.118. The summed E-state index contributed by atoms with van der Waals surface area (Å²) in [6.07, 6.45) is 0.826. The van der Waals surface area contributed by atoms with Gasteiger partial charge in [0.1, 0.15) is 11.6 Å². The Bertz CT molecular complexity index is 927. The van der Waals surface area contributed by atoms with Crippen molar-refractivity contribution in [3.63, 3.8) is 0 Å². The van der Waals surface area contributed by atoms with Crippen LogP contribution in [-0.4, -0.2) is 38.2 Å². The van der Waals surface area contributed by atoms with E-state index in [-0.39, 0.29) is 21.7 Å². The number of benzene rings is 2. The monoisotopic (exact) mass is 468 g/mol. The quantitative estimate of drug-likeness (QED) is 0.608. The molecule has 3 rings (SSSR count). The van der Waals surface area contributed by atoms with Gasteiger partial charge in [0.05, 0.1) is 24.7 Å². The number of methoxy groups -OCH3 is 1. The van der Waals surface area contributed by atoms with Crippen LogP contribution in [0.5, 0.6) is 0 Å². The third-order valence-electron chi connectivity index (χ3n) is 4.72. The predicted octanol–water partition coefficient (Wildman–Crippen LogP) is 3.33. The lowest BCUT2D eigenvalue weighted by Gasteiger charge is -2.28. The Balaban J connectivity index is 2.09. The summed E-state index contributed by atoms with van der Waals surface area (Å²) in [5.41, 5.74) is 5.87. The molecule has 1 saturated heterocycles. The maximum atomic E-state index is 14.6. The summed E-state index contributed by atoms with van der Waals surface area (Å²) >= 11 is 3.02. The van der Waals surface area contributed by atoms with Gasteiger partial charge in [-0.05, 0) is 36.2 Å². The molecule has 9 heteroatoms. The van der Waals surface area contributed by atoms with Crippen LogP contribution in [-0.2, 0) is 14.3 Å². The fourth-order valence-corrected chi connectivity index (χ4v) is 3.56. The van der Waals surface area contributed by atoms with Crippen molar-refractivity contribution in [2.24, 2.45) is 5.73 Å². The van der Waals surface area contributed by atoms with E-state index in [1.54, 1.807) is 0 Å². The number of hydrogen-bond acceptors (Lipinski definition) is 5. The molecule has 2 atom stereocenters. The van der Waals surface area contributed by atoms with E-state index in [2.05, 4.69) is 21.2 Å². The van der Waals surface area contributed by atoms with E-state index >= 15 is 0 Å². The highest BCUT2D eigenvalue weighted by atomic mass is 79.9. The molecule has 0 radical (unpaired) electrons. The molecule has 1 heterocycles. The molecule has 1 aliphatic rings. The molecule has 2 aromatic rings. The van der Waals surface area contributed by atoms with Gasteiger partial charge in [0.25, 0.3) is 0 Å². The molecular weight excluding hydrogens is 450 g/mol. The zero-order valence-electron chi connectivity index (χ0n) is 15.5. The first-order valence-corrected chi connectivity index (χ1v) is 9.62. The Labute approximate surface area is 174 Å². The first-order valence-electron chi connectivity index (χ1n) is 8.83. The van der Waals surface area contributed by atoms with E-state index in [4.69, 9.17) is 15.2 Å². The third kappa shape index (κ3) is 4.56. The van der Waals surface area contributed by atoms with E-state index in [0.717, 1.165) is 18.6 Å². The van der Waals surface area contributed by atoms with Gasteiger partial charge >= 0.3 is 5.97 Å². The molecule has 3 N–H and O–H groups in total. The van der Waals surface area contributed by atoms with Crippen LogP contribution in [0.2, 0.25) is 0 Å². The van der Waals surface area contributed by atoms with Gasteiger partial charge in [-0.1, -0.05) is 22.0 Å². The number of anilines is 1. The zero-order chi connectivity index (χ0) is 21.1. The number of rotatable bonds is 7. The summed E-state index contributed by atoms with van der Waals surface area (Å²) < 4.78 is 39.5. The van der Waals surface area contributed by atoms with E-state index in [1.165, 1.54) is 25.3 Å². The maximum Gasteiger partial charge on any atom is 0.337 e. The molecule has 0 aliphatic carbocycles. The summed E-state index contributed by atoms with van der Waals surface area (Å²) in [7, 11) is 1.24. The molecule has 1 unspecified atom stereocenters. The Kier molecular flexibility index (Phi) is 6.49. The summed E-state index contributed by atoms with van der Waals surface area (Å²) in [5, 5.41) is 3.10. The Morgan fingerprint density at radius 2 is 1.97 bits per heavy atom. The second-order valence-corrected chi connectivity index (χ2v) is 7.49. The first kappa shape index (κ1) is 21.2. The summed E-state index contributed by atoms with van der Waals surface area (Å²) in [4.78, 5) is 24.2. The highest BCUT2D eigenvalue weighted by Crippen LogP contribution is 2.35. The van der Waals surface area contributed by atoms with E-state index < -0.39 is 35.0 Å². The summed E-state index contributed by atoms with van der Waals surface area (Å²) in [6.45, 7) is 1.05. The lowest BCUT2D eigenvalue weighted by Crippen LogP contribution is -2.34. The van der Waals surface area contributed by atoms with Crippen LogP contribution in [0, 0.1) is 11.6 Å². The molecule has 1 fully saturated rings. The topological polar surface area (TPSA) is 90.7 Å².